The second-order valence-corrected chi connectivity index (χ2v) is 4.29. The number of hydrogen-bond donors (Lipinski definition) is 1. The van der Waals surface area contributed by atoms with Gasteiger partial charge in [-0.05, 0) is 15.0 Å². The normalized spacial score (nSPS) is 10.1. The van der Waals surface area contributed by atoms with Crippen molar-refractivity contribution in [2.45, 2.75) is 6.54 Å². The molecule has 2 aromatic rings. The van der Waals surface area contributed by atoms with Crippen molar-refractivity contribution in [3.05, 3.63) is 46.8 Å². The quantitative estimate of drug-likeness (QED) is 0.847. The van der Waals surface area contributed by atoms with Gasteiger partial charge >= 0.3 is 0 Å². The molecule has 0 saturated heterocycles. The molecule has 0 aliphatic carbocycles. The highest BCUT2D eigenvalue weighted by molar-refractivity contribution is 7.15. The van der Waals surface area contributed by atoms with E-state index in [0.29, 0.717) is 11.4 Å². The van der Waals surface area contributed by atoms with Crippen molar-refractivity contribution in [2.24, 2.45) is 0 Å². The summed E-state index contributed by atoms with van der Waals surface area (Å²) in [5.74, 6) is -0.0357. The SMILES string of the molecule is COc1nn(CC(=O)NP)c(=O)cc1-c1ccccc1. The summed E-state index contributed by atoms with van der Waals surface area (Å²) in [5.41, 5.74) is 1.07. The summed E-state index contributed by atoms with van der Waals surface area (Å²) in [6.07, 6.45) is 0. The van der Waals surface area contributed by atoms with Crippen LogP contribution in [0.1, 0.15) is 0 Å². The molecule has 1 aromatic carbocycles. The van der Waals surface area contributed by atoms with Gasteiger partial charge < -0.3 is 9.82 Å². The Hall–Kier alpha value is -2.20. The molecule has 2 rings (SSSR count). The highest BCUT2D eigenvalue weighted by atomic mass is 31.0. The van der Waals surface area contributed by atoms with Crippen molar-refractivity contribution >= 4 is 15.3 Å². The Bertz CT molecular complexity index is 670. The van der Waals surface area contributed by atoms with E-state index < -0.39 is 0 Å². The van der Waals surface area contributed by atoms with E-state index in [1.165, 1.54) is 13.2 Å². The number of amides is 1. The summed E-state index contributed by atoms with van der Waals surface area (Å²) in [7, 11) is 3.56. The van der Waals surface area contributed by atoms with Gasteiger partial charge in [-0.2, -0.15) is 0 Å². The molecular weight excluding hydrogens is 277 g/mol. The van der Waals surface area contributed by atoms with E-state index in [0.717, 1.165) is 10.2 Å². The van der Waals surface area contributed by atoms with Gasteiger partial charge in [0, 0.05) is 6.07 Å². The van der Waals surface area contributed by atoms with Crippen molar-refractivity contribution in [3.63, 3.8) is 0 Å². The fraction of sp³-hybridized carbons (Fsp3) is 0.154. The molecule has 0 aliphatic rings. The molecule has 0 spiro atoms. The minimum Gasteiger partial charge on any atom is -0.480 e. The van der Waals surface area contributed by atoms with Crippen LogP contribution in [0.3, 0.4) is 0 Å². The largest absolute Gasteiger partial charge is 0.480 e. The summed E-state index contributed by atoms with van der Waals surface area (Å²) in [4.78, 5) is 23.3. The third-order valence-electron chi connectivity index (χ3n) is 2.70. The molecule has 0 bridgehead atoms. The summed E-state index contributed by atoms with van der Waals surface area (Å²) in [6, 6.07) is 10.7. The smallest absolute Gasteiger partial charge is 0.268 e. The molecule has 6 nitrogen and oxygen atoms in total. The number of rotatable bonds is 4. The highest BCUT2D eigenvalue weighted by Gasteiger charge is 2.12. The maximum absolute atomic E-state index is 12.0. The fourth-order valence-corrected chi connectivity index (χ4v) is 1.83. The van der Waals surface area contributed by atoms with Gasteiger partial charge in [-0.25, -0.2) is 4.68 Å². The fourth-order valence-electron chi connectivity index (χ4n) is 1.74. The van der Waals surface area contributed by atoms with Crippen LogP contribution in [0.25, 0.3) is 11.1 Å². The number of nitrogens with one attached hydrogen (secondary N) is 1. The summed E-state index contributed by atoms with van der Waals surface area (Å²) in [5, 5.41) is 6.43. The van der Waals surface area contributed by atoms with Gasteiger partial charge in [0.2, 0.25) is 11.8 Å². The van der Waals surface area contributed by atoms with Crippen LogP contribution < -0.4 is 15.4 Å². The molecule has 1 aromatic heterocycles. The lowest BCUT2D eigenvalue weighted by atomic mass is 10.1. The maximum atomic E-state index is 12.0. The second kappa shape index (κ2) is 6.30. The number of carbonyl (C=O) groups excluding carboxylic acids is 1. The van der Waals surface area contributed by atoms with Crippen molar-refractivity contribution in [1.82, 2.24) is 14.9 Å². The van der Waals surface area contributed by atoms with E-state index in [-0.39, 0.29) is 18.0 Å². The zero-order chi connectivity index (χ0) is 14.5. The lowest BCUT2D eigenvalue weighted by Gasteiger charge is -2.10. The second-order valence-electron chi connectivity index (χ2n) is 4.00. The van der Waals surface area contributed by atoms with Crippen LogP contribution in [-0.4, -0.2) is 22.8 Å². The molecule has 1 heterocycles. The first-order valence-electron chi connectivity index (χ1n) is 5.86. The molecule has 20 heavy (non-hydrogen) atoms. The molecule has 0 fully saturated rings. The first-order valence-corrected chi connectivity index (χ1v) is 6.44. The summed E-state index contributed by atoms with van der Waals surface area (Å²) in [6.45, 7) is -0.159. The Labute approximate surface area is 118 Å². The van der Waals surface area contributed by atoms with Crippen molar-refractivity contribution in [3.8, 4) is 17.0 Å². The average Bonchev–Trinajstić information content (AvgIpc) is 2.49. The van der Waals surface area contributed by atoms with Crippen LogP contribution in [0.4, 0.5) is 0 Å². The summed E-state index contributed by atoms with van der Waals surface area (Å²) < 4.78 is 6.26. The third-order valence-corrected chi connectivity index (χ3v) is 3.02. The Balaban J connectivity index is 2.48. The Morgan fingerprint density at radius 2 is 2.10 bits per heavy atom. The monoisotopic (exact) mass is 291 g/mol. The Morgan fingerprint density at radius 1 is 1.40 bits per heavy atom. The molecule has 1 N–H and O–H groups in total. The van der Waals surface area contributed by atoms with E-state index >= 15 is 0 Å². The lowest BCUT2D eigenvalue weighted by Crippen LogP contribution is -2.30. The van der Waals surface area contributed by atoms with Gasteiger partial charge in [0.1, 0.15) is 6.54 Å². The van der Waals surface area contributed by atoms with E-state index in [1.54, 1.807) is 0 Å². The zero-order valence-corrected chi connectivity index (χ0v) is 12.0. The van der Waals surface area contributed by atoms with Crippen LogP contribution in [0, 0.1) is 0 Å². The number of benzene rings is 1. The topological polar surface area (TPSA) is 73.2 Å². The number of methoxy groups -OCH3 is 1. The van der Waals surface area contributed by atoms with Crippen molar-refractivity contribution < 1.29 is 9.53 Å². The minimum absolute atomic E-state index is 0.159. The zero-order valence-electron chi connectivity index (χ0n) is 10.9. The molecule has 1 atom stereocenters. The molecule has 0 aliphatic heterocycles. The van der Waals surface area contributed by atoms with Gasteiger partial charge in [-0.15, -0.1) is 5.10 Å². The van der Waals surface area contributed by atoms with E-state index in [1.807, 2.05) is 30.3 Å². The predicted octanol–water partition coefficient (Wildman–Crippen LogP) is 0.825. The Kier molecular flexibility index (Phi) is 4.48. The average molecular weight is 291 g/mol. The molecule has 0 radical (unpaired) electrons. The van der Waals surface area contributed by atoms with Gasteiger partial charge in [0.25, 0.3) is 5.56 Å². The van der Waals surface area contributed by atoms with Gasteiger partial charge in [0.15, 0.2) is 0 Å². The number of nitrogens with zero attached hydrogens (tertiary/aromatic N) is 2. The molecule has 1 amide bonds. The van der Waals surface area contributed by atoms with Crippen LogP contribution in [0.15, 0.2) is 41.2 Å². The molecular formula is C13H14N3O3P. The molecule has 7 heteroatoms. The van der Waals surface area contributed by atoms with Gasteiger partial charge in [-0.3, -0.25) is 9.59 Å². The highest BCUT2D eigenvalue weighted by Crippen LogP contribution is 2.25. The molecule has 1 unspecified atom stereocenters. The van der Waals surface area contributed by atoms with Crippen LogP contribution in [-0.2, 0) is 11.3 Å². The first kappa shape index (κ1) is 14.2. The number of hydrogen-bond acceptors (Lipinski definition) is 4. The standard InChI is InChI=1S/C13H14N3O3P/c1-19-13-10(9-5-3-2-4-6-9)7-12(18)16(14-13)8-11(17)15-20/h2-7H,8,20H2,1H3,(H,15,17). The molecule has 104 valence electrons. The third kappa shape index (κ3) is 3.03. The van der Waals surface area contributed by atoms with Crippen molar-refractivity contribution in [1.29, 1.82) is 0 Å². The van der Waals surface area contributed by atoms with Crippen LogP contribution >= 0.6 is 9.39 Å². The number of ether oxygens (including phenoxy) is 1. The summed E-state index contributed by atoms with van der Waals surface area (Å²) >= 11 is 0. The van der Waals surface area contributed by atoms with E-state index in [9.17, 15) is 9.59 Å². The first-order chi connectivity index (χ1) is 9.65. The number of carbonyl (C=O) groups is 1. The minimum atomic E-state index is -0.363. The van der Waals surface area contributed by atoms with E-state index in [4.69, 9.17) is 4.74 Å². The van der Waals surface area contributed by atoms with Crippen LogP contribution in [0.5, 0.6) is 5.88 Å². The predicted molar refractivity (Wildman–Crippen MR) is 78.3 cm³/mol. The van der Waals surface area contributed by atoms with E-state index in [2.05, 4.69) is 19.6 Å². The van der Waals surface area contributed by atoms with Crippen molar-refractivity contribution in [2.75, 3.05) is 7.11 Å². The maximum Gasteiger partial charge on any atom is 0.268 e. The van der Waals surface area contributed by atoms with Crippen LogP contribution in [0.2, 0.25) is 0 Å². The Morgan fingerprint density at radius 3 is 2.70 bits per heavy atom. The van der Waals surface area contributed by atoms with Gasteiger partial charge in [-0.1, -0.05) is 30.3 Å². The van der Waals surface area contributed by atoms with Gasteiger partial charge in [0.05, 0.1) is 12.7 Å². The molecule has 0 saturated carbocycles. The lowest BCUT2D eigenvalue weighted by molar-refractivity contribution is -0.120. The number of aromatic nitrogens is 2.